The predicted octanol–water partition coefficient (Wildman–Crippen LogP) is 4.80. The molecule has 6 heteroatoms. The number of aryl methyl sites for hydroxylation is 1. The summed E-state index contributed by atoms with van der Waals surface area (Å²) in [5, 5.41) is 6.46. The SMILES string of the molecule is Cc1ccnc(Nc2cccc(-c3cnc(NCc4ccccn4)o3)c2)c1. The van der Waals surface area contributed by atoms with E-state index >= 15 is 0 Å². The molecule has 0 aliphatic heterocycles. The van der Waals surface area contributed by atoms with Crippen molar-refractivity contribution in [3.8, 4) is 11.3 Å². The van der Waals surface area contributed by atoms with Gasteiger partial charge >= 0.3 is 0 Å². The zero-order valence-electron chi connectivity index (χ0n) is 14.9. The number of benzene rings is 1. The molecule has 0 saturated carbocycles. The van der Waals surface area contributed by atoms with Crippen LogP contribution in [0.3, 0.4) is 0 Å². The Morgan fingerprint density at radius 2 is 1.89 bits per heavy atom. The molecule has 27 heavy (non-hydrogen) atoms. The summed E-state index contributed by atoms with van der Waals surface area (Å²) in [4.78, 5) is 12.9. The van der Waals surface area contributed by atoms with Gasteiger partial charge in [0.15, 0.2) is 5.76 Å². The minimum absolute atomic E-state index is 0.467. The maximum atomic E-state index is 5.82. The van der Waals surface area contributed by atoms with Gasteiger partial charge in [0.25, 0.3) is 6.01 Å². The van der Waals surface area contributed by atoms with Crippen LogP contribution in [0.4, 0.5) is 17.5 Å². The van der Waals surface area contributed by atoms with Crippen LogP contribution in [-0.2, 0) is 6.54 Å². The van der Waals surface area contributed by atoms with E-state index in [1.807, 2.05) is 61.5 Å². The van der Waals surface area contributed by atoms with Crippen molar-refractivity contribution >= 4 is 17.5 Å². The average molecular weight is 357 g/mol. The molecule has 0 saturated heterocycles. The number of oxazole rings is 1. The smallest absolute Gasteiger partial charge is 0.295 e. The van der Waals surface area contributed by atoms with Gasteiger partial charge in [0.05, 0.1) is 18.4 Å². The maximum absolute atomic E-state index is 5.82. The lowest BCUT2D eigenvalue weighted by Crippen LogP contribution is -2.00. The summed E-state index contributed by atoms with van der Waals surface area (Å²) in [6.45, 7) is 2.60. The lowest BCUT2D eigenvalue weighted by molar-refractivity contribution is 0.584. The lowest BCUT2D eigenvalue weighted by atomic mass is 10.1. The molecule has 4 rings (SSSR count). The molecule has 3 aromatic heterocycles. The molecular formula is C21H19N5O. The first-order valence-electron chi connectivity index (χ1n) is 8.66. The molecule has 3 heterocycles. The van der Waals surface area contributed by atoms with E-state index in [0.29, 0.717) is 18.3 Å². The Balaban J connectivity index is 1.46. The van der Waals surface area contributed by atoms with Gasteiger partial charge in [0.1, 0.15) is 5.82 Å². The second-order valence-electron chi connectivity index (χ2n) is 6.13. The fraction of sp³-hybridized carbons (Fsp3) is 0.0952. The van der Waals surface area contributed by atoms with E-state index in [-0.39, 0.29) is 0 Å². The highest BCUT2D eigenvalue weighted by Gasteiger charge is 2.08. The lowest BCUT2D eigenvalue weighted by Gasteiger charge is -2.07. The second kappa shape index (κ2) is 7.70. The summed E-state index contributed by atoms with van der Waals surface area (Å²) >= 11 is 0. The molecule has 0 aliphatic carbocycles. The van der Waals surface area contributed by atoms with Gasteiger partial charge in [0, 0.05) is 23.6 Å². The second-order valence-corrected chi connectivity index (χ2v) is 6.13. The van der Waals surface area contributed by atoms with Crippen molar-refractivity contribution in [1.29, 1.82) is 0 Å². The summed E-state index contributed by atoms with van der Waals surface area (Å²) in [5.74, 6) is 1.50. The summed E-state index contributed by atoms with van der Waals surface area (Å²) in [6, 6.07) is 18.2. The van der Waals surface area contributed by atoms with Crippen molar-refractivity contribution in [2.45, 2.75) is 13.5 Å². The third-order valence-electron chi connectivity index (χ3n) is 3.99. The predicted molar refractivity (Wildman–Crippen MR) is 106 cm³/mol. The van der Waals surface area contributed by atoms with E-state index in [0.717, 1.165) is 28.3 Å². The van der Waals surface area contributed by atoms with E-state index in [4.69, 9.17) is 4.42 Å². The number of pyridine rings is 2. The Morgan fingerprint density at radius 1 is 0.926 bits per heavy atom. The van der Waals surface area contributed by atoms with Crippen molar-refractivity contribution in [3.05, 3.63) is 84.4 Å². The van der Waals surface area contributed by atoms with Gasteiger partial charge in [-0.2, -0.15) is 0 Å². The van der Waals surface area contributed by atoms with Crippen molar-refractivity contribution in [1.82, 2.24) is 15.0 Å². The van der Waals surface area contributed by atoms with Crippen LogP contribution in [0.25, 0.3) is 11.3 Å². The van der Waals surface area contributed by atoms with Crippen LogP contribution in [0.5, 0.6) is 0 Å². The van der Waals surface area contributed by atoms with Gasteiger partial charge in [-0.25, -0.2) is 9.97 Å². The molecule has 0 aliphatic rings. The van der Waals surface area contributed by atoms with Crippen LogP contribution < -0.4 is 10.6 Å². The number of hydrogen-bond acceptors (Lipinski definition) is 6. The van der Waals surface area contributed by atoms with Crippen LogP contribution in [0.1, 0.15) is 11.3 Å². The Morgan fingerprint density at radius 3 is 2.74 bits per heavy atom. The van der Waals surface area contributed by atoms with E-state index in [2.05, 4.69) is 25.6 Å². The number of hydrogen-bond donors (Lipinski definition) is 2. The highest BCUT2D eigenvalue weighted by molar-refractivity contribution is 5.67. The molecule has 0 radical (unpaired) electrons. The molecule has 0 fully saturated rings. The van der Waals surface area contributed by atoms with Gasteiger partial charge in [-0.1, -0.05) is 18.2 Å². The minimum Gasteiger partial charge on any atom is -0.424 e. The molecule has 134 valence electrons. The van der Waals surface area contributed by atoms with E-state index in [9.17, 15) is 0 Å². The Bertz CT molecular complexity index is 1030. The Hall–Kier alpha value is -3.67. The molecule has 0 unspecified atom stereocenters. The van der Waals surface area contributed by atoms with E-state index in [1.54, 1.807) is 18.6 Å². The summed E-state index contributed by atoms with van der Waals surface area (Å²) in [7, 11) is 0. The van der Waals surface area contributed by atoms with Crippen molar-refractivity contribution < 1.29 is 4.42 Å². The highest BCUT2D eigenvalue weighted by Crippen LogP contribution is 2.26. The number of nitrogens with zero attached hydrogens (tertiary/aromatic N) is 3. The van der Waals surface area contributed by atoms with Gasteiger partial charge in [-0.05, 0) is 48.9 Å². The summed E-state index contributed by atoms with van der Waals surface area (Å²) < 4.78 is 5.82. The highest BCUT2D eigenvalue weighted by atomic mass is 16.4. The first kappa shape index (κ1) is 16.8. The molecule has 0 spiro atoms. The van der Waals surface area contributed by atoms with Crippen molar-refractivity contribution in [2.75, 3.05) is 10.6 Å². The quantitative estimate of drug-likeness (QED) is 0.516. The average Bonchev–Trinajstić information content (AvgIpc) is 3.17. The fourth-order valence-corrected chi connectivity index (χ4v) is 2.66. The van der Waals surface area contributed by atoms with Crippen LogP contribution in [0.2, 0.25) is 0 Å². The van der Waals surface area contributed by atoms with Crippen molar-refractivity contribution in [2.24, 2.45) is 0 Å². The van der Waals surface area contributed by atoms with E-state index in [1.165, 1.54) is 0 Å². The molecule has 2 N–H and O–H groups in total. The molecule has 6 nitrogen and oxygen atoms in total. The Labute approximate surface area is 157 Å². The molecular weight excluding hydrogens is 338 g/mol. The molecule has 0 atom stereocenters. The first-order valence-corrected chi connectivity index (χ1v) is 8.66. The summed E-state index contributed by atoms with van der Waals surface area (Å²) in [5.41, 5.74) is 3.95. The third-order valence-corrected chi connectivity index (χ3v) is 3.99. The van der Waals surface area contributed by atoms with Crippen molar-refractivity contribution in [3.63, 3.8) is 0 Å². The number of nitrogens with one attached hydrogen (secondary N) is 2. The zero-order valence-corrected chi connectivity index (χ0v) is 14.9. The first-order chi connectivity index (χ1) is 13.3. The van der Waals surface area contributed by atoms with Crippen LogP contribution in [0.15, 0.2) is 77.6 Å². The minimum atomic E-state index is 0.467. The standard InChI is InChI=1S/C21H19N5O/c1-15-8-10-23-20(11-15)26-17-7-4-5-16(12-17)19-14-25-21(27-19)24-13-18-6-2-3-9-22-18/h2-12,14H,13H2,1H3,(H,23,26)(H,24,25). The van der Waals surface area contributed by atoms with Gasteiger partial charge in [0.2, 0.25) is 0 Å². The van der Waals surface area contributed by atoms with Crippen LogP contribution in [-0.4, -0.2) is 15.0 Å². The number of aromatic nitrogens is 3. The number of rotatable bonds is 6. The van der Waals surface area contributed by atoms with Gasteiger partial charge < -0.3 is 15.1 Å². The van der Waals surface area contributed by atoms with E-state index < -0.39 is 0 Å². The normalized spacial score (nSPS) is 10.6. The monoisotopic (exact) mass is 357 g/mol. The largest absolute Gasteiger partial charge is 0.424 e. The third kappa shape index (κ3) is 4.30. The van der Waals surface area contributed by atoms with Gasteiger partial charge in [-0.15, -0.1) is 0 Å². The maximum Gasteiger partial charge on any atom is 0.295 e. The Kier molecular flexibility index (Phi) is 4.78. The number of anilines is 3. The van der Waals surface area contributed by atoms with Gasteiger partial charge in [-0.3, -0.25) is 4.98 Å². The summed E-state index contributed by atoms with van der Waals surface area (Å²) in [6.07, 6.45) is 5.27. The fourth-order valence-electron chi connectivity index (χ4n) is 2.66. The molecule has 1 aromatic carbocycles. The van der Waals surface area contributed by atoms with Crippen LogP contribution in [0, 0.1) is 6.92 Å². The molecule has 0 bridgehead atoms. The zero-order chi connectivity index (χ0) is 18.5. The molecule has 0 amide bonds. The molecule has 4 aromatic rings. The van der Waals surface area contributed by atoms with Crippen LogP contribution >= 0.6 is 0 Å². The topological polar surface area (TPSA) is 75.9 Å².